The molecule has 2 rings (SSSR count). The van der Waals surface area contributed by atoms with Gasteiger partial charge in [-0.3, -0.25) is 9.69 Å². The SMILES string of the molecule is CC(C)(CC(=O)O)c1ccccc1CN1CCCCC1. The lowest BCUT2D eigenvalue weighted by molar-refractivity contribution is -0.138. The Bertz CT molecular complexity index is 462. The summed E-state index contributed by atoms with van der Waals surface area (Å²) in [6.07, 6.45) is 4.06. The van der Waals surface area contributed by atoms with Gasteiger partial charge >= 0.3 is 5.97 Å². The topological polar surface area (TPSA) is 40.5 Å². The summed E-state index contributed by atoms with van der Waals surface area (Å²) in [6, 6.07) is 8.30. The van der Waals surface area contributed by atoms with E-state index in [0.29, 0.717) is 0 Å². The van der Waals surface area contributed by atoms with E-state index in [-0.39, 0.29) is 11.8 Å². The average molecular weight is 275 g/mol. The third-order valence-electron chi connectivity index (χ3n) is 4.18. The second-order valence-corrected chi connectivity index (χ2v) is 6.45. The molecule has 1 N–H and O–H groups in total. The van der Waals surface area contributed by atoms with E-state index in [1.165, 1.54) is 30.4 Å². The quantitative estimate of drug-likeness (QED) is 0.895. The fourth-order valence-electron chi connectivity index (χ4n) is 3.15. The maximum absolute atomic E-state index is 11.1. The number of likely N-dealkylation sites (tertiary alicyclic amines) is 1. The standard InChI is InChI=1S/C17H25NO2/c1-17(2,12-16(19)20)15-9-5-4-8-14(15)13-18-10-6-3-7-11-18/h4-5,8-9H,3,6-7,10-13H2,1-2H3,(H,19,20). The zero-order chi connectivity index (χ0) is 14.6. The summed E-state index contributed by atoms with van der Waals surface area (Å²) in [5.74, 6) is -0.734. The first-order valence-corrected chi connectivity index (χ1v) is 7.51. The van der Waals surface area contributed by atoms with Crippen molar-refractivity contribution in [1.82, 2.24) is 4.90 Å². The highest BCUT2D eigenvalue weighted by molar-refractivity contribution is 5.69. The Kier molecular flexibility index (Phi) is 4.81. The van der Waals surface area contributed by atoms with Crippen LogP contribution in [-0.2, 0) is 16.8 Å². The van der Waals surface area contributed by atoms with Crippen LogP contribution in [0, 0.1) is 0 Å². The van der Waals surface area contributed by atoms with Crippen LogP contribution in [0.25, 0.3) is 0 Å². The molecule has 110 valence electrons. The minimum absolute atomic E-state index is 0.171. The van der Waals surface area contributed by atoms with E-state index >= 15 is 0 Å². The van der Waals surface area contributed by atoms with Gasteiger partial charge in [0.2, 0.25) is 0 Å². The van der Waals surface area contributed by atoms with Crippen molar-refractivity contribution in [2.45, 2.75) is 51.5 Å². The first kappa shape index (κ1) is 15.0. The van der Waals surface area contributed by atoms with Gasteiger partial charge in [0.05, 0.1) is 6.42 Å². The van der Waals surface area contributed by atoms with Crippen LogP contribution in [0.4, 0.5) is 0 Å². The largest absolute Gasteiger partial charge is 0.481 e. The van der Waals surface area contributed by atoms with E-state index in [1.807, 2.05) is 19.9 Å². The third-order valence-corrected chi connectivity index (χ3v) is 4.18. The molecule has 1 fully saturated rings. The van der Waals surface area contributed by atoms with Crippen LogP contribution in [0.2, 0.25) is 0 Å². The Morgan fingerprint density at radius 2 is 1.85 bits per heavy atom. The number of aliphatic carboxylic acids is 1. The Balaban J connectivity index is 2.18. The van der Waals surface area contributed by atoms with Gasteiger partial charge in [0.15, 0.2) is 0 Å². The van der Waals surface area contributed by atoms with Gasteiger partial charge in [0.1, 0.15) is 0 Å². The number of hydrogen-bond donors (Lipinski definition) is 1. The first-order chi connectivity index (χ1) is 9.49. The molecule has 0 spiro atoms. The van der Waals surface area contributed by atoms with Crippen molar-refractivity contribution in [2.24, 2.45) is 0 Å². The minimum Gasteiger partial charge on any atom is -0.481 e. The lowest BCUT2D eigenvalue weighted by Crippen LogP contribution is -2.31. The second-order valence-electron chi connectivity index (χ2n) is 6.45. The number of carboxylic acids is 1. The number of rotatable bonds is 5. The molecule has 1 saturated heterocycles. The van der Waals surface area contributed by atoms with Crippen LogP contribution in [0.15, 0.2) is 24.3 Å². The van der Waals surface area contributed by atoms with E-state index in [9.17, 15) is 4.79 Å². The molecule has 0 saturated carbocycles. The molecule has 0 bridgehead atoms. The molecule has 3 heteroatoms. The lowest BCUT2D eigenvalue weighted by Gasteiger charge is -2.31. The molecule has 1 aromatic rings. The van der Waals surface area contributed by atoms with Crippen molar-refractivity contribution in [3.63, 3.8) is 0 Å². The molecule has 0 amide bonds. The molecule has 0 atom stereocenters. The van der Waals surface area contributed by atoms with Crippen molar-refractivity contribution in [2.75, 3.05) is 13.1 Å². The Morgan fingerprint density at radius 3 is 2.50 bits per heavy atom. The smallest absolute Gasteiger partial charge is 0.304 e. The summed E-state index contributed by atoms with van der Waals surface area (Å²) in [4.78, 5) is 13.6. The maximum atomic E-state index is 11.1. The van der Waals surface area contributed by atoms with E-state index in [2.05, 4.69) is 23.1 Å². The van der Waals surface area contributed by atoms with Crippen molar-refractivity contribution >= 4 is 5.97 Å². The molecular formula is C17H25NO2. The van der Waals surface area contributed by atoms with Crippen LogP contribution in [0.5, 0.6) is 0 Å². The van der Waals surface area contributed by atoms with Gasteiger partial charge in [-0.15, -0.1) is 0 Å². The monoisotopic (exact) mass is 275 g/mol. The van der Waals surface area contributed by atoms with E-state index in [1.54, 1.807) is 0 Å². The second kappa shape index (κ2) is 6.40. The summed E-state index contributed by atoms with van der Waals surface area (Å²) in [7, 11) is 0. The van der Waals surface area contributed by atoms with E-state index in [4.69, 9.17) is 5.11 Å². The Hall–Kier alpha value is -1.35. The zero-order valence-electron chi connectivity index (χ0n) is 12.6. The highest BCUT2D eigenvalue weighted by Crippen LogP contribution is 2.31. The predicted molar refractivity (Wildman–Crippen MR) is 80.8 cm³/mol. The van der Waals surface area contributed by atoms with Crippen molar-refractivity contribution in [1.29, 1.82) is 0 Å². The molecule has 0 aromatic heterocycles. The highest BCUT2D eigenvalue weighted by atomic mass is 16.4. The number of piperidine rings is 1. The molecule has 1 heterocycles. The summed E-state index contributed by atoms with van der Waals surface area (Å²) in [6.45, 7) is 7.31. The number of nitrogens with zero attached hydrogens (tertiary/aromatic N) is 1. The molecule has 1 aliphatic heterocycles. The van der Waals surface area contributed by atoms with Gasteiger partial charge in [0, 0.05) is 12.0 Å². The summed E-state index contributed by atoms with van der Waals surface area (Å²) in [5.41, 5.74) is 2.13. The molecular weight excluding hydrogens is 250 g/mol. The van der Waals surface area contributed by atoms with E-state index in [0.717, 1.165) is 19.6 Å². The van der Waals surface area contributed by atoms with Crippen LogP contribution in [0.3, 0.4) is 0 Å². The van der Waals surface area contributed by atoms with Crippen LogP contribution >= 0.6 is 0 Å². The molecule has 1 aliphatic rings. The van der Waals surface area contributed by atoms with E-state index < -0.39 is 5.97 Å². The van der Waals surface area contributed by atoms with Gasteiger partial charge in [-0.05, 0) is 37.1 Å². The summed E-state index contributed by atoms with van der Waals surface area (Å²) in [5, 5.41) is 9.11. The molecule has 3 nitrogen and oxygen atoms in total. The zero-order valence-corrected chi connectivity index (χ0v) is 12.6. The first-order valence-electron chi connectivity index (χ1n) is 7.51. The van der Waals surface area contributed by atoms with Crippen LogP contribution in [-0.4, -0.2) is 29.1 Å². The molecule has 20 heavy (non-hydrogen) atoms. The summed E-state index contributed by atoms with van der Waals surface area (Å²) < 4.78 is 0. The van der Waals surface area contributed by atoms with Crippen molar-refractivity contribution < 1.29 is 9.90 Å². The Morgan fingerprint density at radius 1 is 1.20 bits per heavy atom. The predicted octanol–water partition coefficient (Wildman–Crippen LogP) is 3.42. The normalized spacial score (nSPS) is 17.1. The third kappa shape index (κ3) is 3.83. The number of hydrogen-bond acceptors (Lipinski definition) is 2. The maximum Gasteiger partial charge on any atom is 0.304 e. The fraction of sp³-hybridized carbons (Fsp3) is 0.588. The average Bonchev–Trinajstić information content (AvgIpc) is 2.39. The molecule has 0 radical (unpaired) electrons. The lowest BCUT2D eigenvalue weighted by atomic mass is 9.79. The Labute approximate surface area is 121 Å². The van der Waals surface area contributed by atoms with Crippen LogP contribution in [0.1, 0.15) is 50.7 Å². The van der Waals surface area contributed by atoms with Gasteiger partial charge in [-0.2, -0.15) is 0 Å². The highest BCUT2D eigenvalue weighted by Gasteiger charge is 2.27. The number of carboxylic acid groups (broad SMARTS) is 1. The molecule has 0 unspecified atom stereocenters. The number of benzene rings is 1. The van der Waals surface area contributed by atoms with Crippen molar-refractivity contribution in [3.8, 4) is 0 Å². The van der Waals surface area contributed by atoms with Crippen LogP contribution < -0.4 is 0 Å². The van der Waals surface area contributed by atoms with Gasteiger partial charge in [-0.1, -0.05) is 44.5 Å². The minimum atomic E-state index is -0.734. The van der Waals surface area contributed by atoms with Gasteiger partial charge in [-0.25, -0.2) is 0 Å². The molecule has 1 aromatic carbocycles. The fourth-order valence-corrected chi connectivity index (χ4v) is 3.15. The number of carbonyl (C=O) groups is 1. The van der Waals surface area contributed by atoms with Gasteiger partial charge < -0.3 is 5.11 Å². The molecule has 0 aliphatic carbocycles. The summed E-state index contributed by atoms with van der Waals surface area (Å²) >= 11 is 0. The van der Waals surface area contributed by atoms with Gasteiger partial charge in [0.25, 0.3) is 0 Å². The van der Waals surface area contributed by atoms with Crippen molar-refractivity contribution in [3.05, 3.63) is 35.4 Å².